The highest BCUT2D eigenvalue weighted by atomic mass is 15.3. The summed E-state index contributed by atoms with van der Waals surface area (Å²) < 4.78 is 0. The Morgan fingerprint density at radius 1 is 0.615 bits per heavy atom. The van der Waals surface area contributed by atoms with E-state index < -0.39 is 0 Å². The molecule has 1 atom stereocenters. The molecule has 0 aliphatic carbocycles. The zero-order valence-electron chi connectivity index (χ0n) is 20.2. The number of hydrogen-bond donors (Lipinski definition) is 0. The van der Waals surface area contributed by atoms with Gasteiger partial charge in [-0.25, -0.2) is 0 Å². The van der Waals surface area contributed by atoms with Crippen molar-refractivity contribution in [3.05, 3.63) is 0 Å². The van der Waals surface area contributed by atoms with Gasteiger partial charge in [-0.2, -0.15) is 0 Å². The largest absolute Gasteiger partial charge is 0.294 e. The van der Waals surface area contributed by atoms with Crippen molar-refractivity contribution in [2.45, 2.75) is 157 Å². The fourth-order valence-electron chi connectivity index (χ4n) is 5.40. The number of hydrogen-bond acceptors (Lipinski definition) is 2. The van der Waals surface area contributed by atoms with Crippen molar-refractivity contribution < 1.29 is 0 Å². The van der Waals surface area contributed by atoms with Crippen LogP contribution in [0, 0.1) is 0 Å². The molecule has 2 heteroatoms. The lowest BCUT2D eigenvalue weighted by atomic mass is 9.83. The van der Waals surface area contributed by atoms with Gasteiger partial charge in [0.2, 0.25) is 0 Å². The van der Waals surface area contributed by atoms with Crippen LogP contribution in [0.5, 0.6) is 0 Å². The molecule has 0 aliphatic rings. The number of unbranched alkanes of at least 4 members (excludes halogenated alkanes) is 5. The van der Waals surface area contributed by atoms with E-state index in [0.29, 0.717) is 30.2 Å². The van der Waals surface area contributed by atoms with Crippen LogP contribution in [-0.4, -0.2) is 45.5 Å². The van der Waals surface area contributed by atoms with Gasteiger partial charge in [0.15, 0.2) is 0 Å². The van der Waals surface area contributed by atoms with Gasteiger partial charge in [0.05, 0.1) is 0 Å². The van der Waals surface area contributed by atoms with E-state index in [1.807, 2.05) is 0 Å². The Labute approximate surface area is 167 Å². The van der Waals surface area contributed by atoms with E-state index in [0.717, 1.165) is 0 Å². The Balaban J connectivity index is 5.40. The van der Waals surface area contributed by atoms with Gasteiger partial charge in [-0.05, 0) is 75.7 Å². The van der Waals surface area contributed by atoms with Crippen molar-refractivity contribution in [1.82, 2.24) is 9.80 Å². The second-order valence-corrected chi connectivity index (χ2v) is 9.96. The molecular formula is C24H52N2. The van der Waals surface area contributed by atoms with E-state index in [4.69, 9.17) is 0 Å². The first-order valence-electron chi connectivity index (χ1n) is 11.5. The molecule has 0 saturated heterocycles. The summed E-state index contributed by atoms with van der Waals surface area (Å²) in [5.41, 5.74) is 0.167. The Morgan fingerprint density at radius 3 is 1.42 bits per heavy atom. The minimum absolute atomic E-state index is 0.167. The maximum absolute atomic E-state index is 2.78. The highest BCUT2D eigenvalue weighted by Crippen LogP contribution is 2.33. The summed E-state index contributed by atoms with van der Waals surface area (Å²) >= 11 is 0. The van der Waals surface area contributed by atoms with E-state index in [1.54, 1.807) is 0 Å². The van der Waals surface area contributed by atoms with Crippen molar-refractivity contribution >= 4 is 0 Å². The molecule has 0 aromatic rings. The summed E-state index contributed by atoms with van der Waals surface area (Å²) in [7, 11) is 0. The van der Waals surface area contributed by atoms with E-state index in [2.05, 4.69) is 86.0 Å². The Morgan fingerprint density at radius 2 is 1.04 bits per heavy atom. The summed E-state index contributed by atoms with van der Waals surface area (Å²) in [6.07, 6.45) is 9.60. The molecular weight excluding hydrogens is 316 g/mol. The van der Waals surface area contributed by atoms with E-state index in [-0.39, 0.29) is 5.54 Å². The van der Waals surface area contributed by atoms with Gasteiger partial charge in [0, 0.05) is 35.7 Å². The first-order chi connectivity index (χ1) is 12.0. The lowest BCUT2D eigenvalue weighted by Crippen LogP contribution is -2.64. The van der Waals surface area contributed by atoms with Crippen molar-refractivity contribution in [2.24, 2.45) is 0 Å². The van der Waals surface area contributed by atoms with Crippen LogP contribution in [-0.2, 0) is 0 Å². The second kappa shape index (κ2) is 12.4. The molecule has 158 valence electrons. The summed E-state index contributed by atoms with van der Waals surface area (Å²) in [5, 5.41) is 0. The van der Waals surface area contributed by atoms with Gasteiger partial charge in [-0.1, -0.05) is 45.4 Å². The topological polar surface area (TPSA) is 6.48 Å². The maximum Gasteiger partial charge on any atom is 0.0314 e. The molecule has 2 nitrogen and oxygen atoms in total. The predicted octanol–water partition coefficient (Wildman–Crippen LogP) is 7.12. The SMILES string of the molecule is CCCCCCCCC(N(C(C)C)C(C)C)C(C)(C)N(C(C)C)C(C)C. The molecule has 0 saturated carbocycles. The van der Waals surface area contributed by atoms with Crippen LogP contribution in [0.15, 0.2) is 0 Å². The molecule has 0 radical (unpaired) electrons. The fraction of sp³-hybridized carbons (Fsp3) is 1.00. The summed E-state index contributed by atoms with van der Waals surface area (Å²) in [4.78, 5) is 5.52. The second-order valence-electron chi connectivity index (χ2n) is 9.96. The number of nitrogens with zero attached hydrogens (tertiary/aromatic N) is 2. The molecule has 0 rings (SSSR count). The van der Waals surface area contributed by atoms with Crippen LogP contribution in [0.4, 0.5) is 0 Å². The first-order valence-corrected chi connectivity index (χ1v) is 11.5. The maximum atomic E-state index is 2.78. The molecule has 0 aromatic carbocycles. The summed E-state index contributed by atoms with van der Waals surface area (Å²) in [6.45, 7) is 26.2. The third-order valence-electron chi connectivity index (χ3n) is 5.98. The van der Waals surface area contributed by atoms with Crippen LogP contribution >= 0.6 is 0 Å². The van der Waals surface area contributed by atoms with Crippen molar-refractivity contribution in [1.29, 1.82) is 0 Å². The molecule has 0 N–H and O–H groups in total. The van der Waals surface area contributed by atoms with E-state index in [1.165, 1.54) is 44.9 Å². The smallest absolute Gasteiger partial charge is 0.0314 e. The van der Waals surface area contributed by atoms with Crippen LogP contribution in [0.25, 0.3) is 0 Å². The third-order valence-corrected chi connectivity index (χ3v) is 5.98. The van der Waals surface area contributed by atoms with Gasteiger partial charge in [0.25, 0.3) is 0 Å². The average molecular weight is 369 g/mol. The highest BCUT2D eigenvalue weighted by Gasteiger charge is 2.42. The lowest BCUT2D eigenvalue weighted by molar-refractivity contribution is -0.0456. The van der Waals surface area contributed by atoms with Crippen LogP contribution in [0.1, 0.15) is 121 Å². The highest BCUT2D eigenvalue weighted by molar-refractivity contribution is 4.99. The molecule has 0 bridgehead atoms. The Kier molecular flexibility index (Phi) is 12.4. The van der Waals surface area contributed by atoms with Gasteiger partial charge >= 0.3 is 0 Å². The first kappa shape index (κ1) is 25.9. The fourth-order valence-corrected chi connectivity index (χ4v) is 5.40. The molecule has 0 heterocycles. The third kappa shape index (κ3) is 7.89. The molecule has 0 fully saturated rings. The van der Waals surface area contributed by atoms with Crippen LogP contribution in [0.3, 0.4) is 0 Å². The molecule has 0 aromatic heterocycles. The molecule has 0 aliphatic heterocycles. The Bertz CT molecular complexity index is 328. The minimum atomic E-state index is 0.167. The van der Waals surface area contributed by atoms with Crippen LogP contribution < -0.4 is 0 Å². The molecule has 26 heavy (non-hydrogen) atoms. The van der Waals surface area contributed by atoms with E-state index >= 15 is 0 Å². The summed E-state index contributed by atoms with van der Waals surface area (Å²) in [6, 6.07) is 2.90. The van der Waals surface area contributed by atoms with Crippen LogP contribution in [0.2, 0.25) is 0 Å². The van der Waals surface area contributed by atoms with Gasteiger partial charge < -0.3 is 0 Å². The number of rotatable bonds is 14. The average Bonchev–Trinajstić information content (AvgIpc) is 2.47. The standard InChI is InChI=1S/C24H52N2/c1-12-13-14-15-16-17-18-23(25(19(2)3)20(4)5)24(10,11)26(21(6)7)22(8)9/h19-23H,12-18H2,1-11H3. The Hall–Kier alpha value is -0.0800. The van der Waals surface area contributed by atoms with Gasteiger partial charge in [-0.3, -0.25) is 9.80 Å². The minimum Gasteiger partial charge on any atom is -0.294 e. The van der Waals surface area contributed by atoms with Gasteiger partial charge in [-0.15, -0.1) is 0 Å². The zero-order valence-corrected chi connectivity index (χ0v) is 20.2. The molecule has 0 amide bonds. The van der Waals surface area contributed by atoms with Crippen molar-refractivity contribution in [2.75, 3.05) is 0 Å². The van der Waals surface area contributed by atoms with Crippen molar-refractivity contribution in [3.63, 3.8) is 0 Å². The zero-order chi connectivity index (χ0) is 20.5. The van der Waals surface area contributed by atoms with Gasteiger partial charge in [0.1, 0.15) is 0 Å². The normalized spacial score (nSPS) is 14.7. The lowest BCUT2D eigenvalue weighted by Gasteiger charge is -2.54. The quantitative estimate of drug-likeness (QED) is 0.301. The van der Waals surface area contributed by atoms with E-state index in [9.17, 15) is 0 Å². The van der Waals surface area contributed by atoms with Crippen molar-refractivity contribution in [3.8, 4) is 0 Å². The molecule has 0 spiro atoms. The summed E-state index contributed by atoms with van der Waals surface area (Å²) in [5.74, 6) is 0. The molecule has 1 unspecified atom stereocenters. The monoisotopic (exact) mass is 368 g/mol. The predicted molar refractivity (Wildman–Crippen MR) is 120 cm³/mol.